The average Bonchev–Trinajstić information content (AvgIpc) is 2.58. The molecule has 0 radical (unpaired) electrons. The van der Waals surface area contributed by atoms with E-state index < -0.39 is 0 Å². The molecule has 0 spiro atoms. The van der Waals surface area contributed by atoms with E-state index in [1.807, 2.05) is 0 Å². The third-order valence-corrected chi connectivity index (χ3v) is 4.41. The zero-order chi connectivity index (χ0) is 19.2. The van der Waals surface area contributed by atoms with Gasteiger partial charge >= 0.3 is 0 Å². The fourth-order valence-corrected chi connectivity index (χ4v) is 2.59. The molecule has 0 aromatic heterocycles. The van der Waals surface area contributed by atoms with E-state index >= 15 is 0 Å². The highest BCUT2D eigenvalue weighted by Gasteiger charge is 1.92. The van der Waals surface area contributed by atoms with Gasteiger partial charge < -0.3 is 15.1 Å². The van der Waals surface area contributed by atoms with Gasteiger partial charge in [-0.2, -0.15) is 0 Å². The summed E-state index contributed by atoms with van der Waals surface area (Å²) < 4.78 is 0. The van der Waals surface area contributed by atoms with Gasteiger partial charge in [-0.15, -0.1) is 0 Å². The Balaban J connectivity index is 0. The van der Waals surface area contributed by atoms with E-state index in [4.69, 9.17) is 0 Å². The van der Waals surface area contributed by atoms with Crippen molar-refractivity contribution in [1.29, 1.82) is 0 Å². The summed E-state index contributed by atoms with van der Waals surface area (Å²) in [6.45, 7) is 9.33. The molecule has 0 bridgehead atoms. The van der Waals surface area contributed by atoms with Crippen molar-refractivity contribution in [3.8, 4) is 0 Å². The van der Waals surface area contributed by atoms with Gasteiger partial charge in [0.25, 0.3) is 0 Å². The van der Waals surface area contributed by atoms with E-state index in [1.54, 1.807) is 0 Å². The molecule has 0 aliphatic rings. The predicted molar refractivity (Wildman–Crippen MR) is 117 cm³/mol. The van der Waals surface area contributed by atoms with Crippen LogP contribution in [-0.4, -0.2) is 64.2 Å². The molecule has 1 N–H and O–H groups in total. The monoisotopic (exact) mass is 357 g/mol. The molecule has 0 unspecified atom stereocenters. The second kappa shape index (κ2) is 23.9. The minimum Gasteiger partial charge on any atom is -0.317 e. The highest BCUT2D eigenvalue weighted by atomic mass is 15.1. The lowest BCUT2D eigenvalue weighted by atomic mass is 10.1. The van der Waals surface area contributed by atoms with Gasteiger partial charge in [-0.25, -0.2) is 0 Å². The molecule has 0 rings (SSSR count). The van der Waals surface area contributed by atoms with Crippen molar-refractivity contribution >= 4 is 0 Å². The van der Waals surface area contributed by atoms with Crippen molar-refractivity contribution in [2.75, 3.05) is 54.4 Å². The van der Waals surface area contributed by atoms with Gasteiger partial charge in [0, 0.05) is 13.1 Å². The van der Waals surface area contributed by atoms with Crippen LogP contribution in [-0.2, 0) is 0 Å². The van der Waals surface area contributed by atoms with Crippen LogP contribution in [0.1, 0.15) is 90.9 Å². The van der Waals surface area contributed by atoms with Crippen LogP contribution in [0.2, 0.25) is 0 Å². The van der Waals surface area contributed by atoms with E-state index in [9.17, 15) is 0 Å². The van der Waals surface area contributed by atoms with Crippen LogP contribution in [0.4, 0.5) is 0 Å². The van der Waals surface area contributed by atoms with Gasteiger partial charge in [0.05, 0.1) is 0 Å². The molecule has 0 aliphatic heterocycles. The molecule has 0 aliphatic carbocycles. The molecule has 0 atom stereocenters. The fraction of sp³-hybridized carbons (Fsp3) is 1.00. The highest BCUT2D eigenvalue weighted by Crippen LogP contribution is 2.05. The summed E-state index contributed by atoms with van der Waals surface area (Å²) in [5.41, 5.74) is 0. The Morgan fingerprint density at radius 2 is 0.800 bits per heavy atom. The minimum absolute atomic E-state index is 1.15. The van der Waals surface area contributed by atoms with E-state index in [0.29, 0.717) is 0 Å². The zero-order valence-corrected chi connectivity index (χ0v) is 18.7. The molecule has 0 saturated heterocycles. The molecule has 0 amide bonds. The first-order chi connectivity index (χ1) is 12.0. The Morgan fingerprint density at radius 1 is 0.480 bits per heavy atom. The number of hydrogen-bond acceptors (Lipinski definition) is 3. The smallest absolute Gasteiger partial charge is 0.0103 e. The molecule has 0 fully saturated rings. The Bertz CT molecular complexity index is 195. The van der Waals surface area contributed by atoms with Crippen molar-refractivity contribution < 1.29 is 0 Å². The Hall–Kier alpha value is -0.120. The summed E-state index contributed by atoms with van der Waals surface area (Å²) >= 11 is 0. The topological polar surface area (TPSA) is 18.5 Å². The summed E-state index contributed by atoms with van der Waals surface area (Å²) in [7, 11) is 8.35. The summed E-state index contributed by atoms with van der Waals surface area (Å²) in [6, 6.07) is 0. The molecule has 0 aromatic carbocycles. The first kappa shape index (κ1) is 27.1. The lowest BCUT2D eigenvalue weighted by molar-refractivity contribution is 0.320. The van der Waals surface area contributed by atoms with Crippen molar-refractivity contribution in [3.63, 3.8) is 0 Å². The minimum atomic E-state index is 1.15. The van der Waals surface area contributed by atoms with Crippen LogP contribution in [0, 0.1) is 0 Å². The molecule has 0 heterocycles. The van der Waals surface area contributed by atoms with E-state index in [1.165, 1.54) is 90.1 Å². The number of nitrogens with zero attached hydrogens (tertiary/aromatic N) is 2. The highest BCUT2D eigenvalue weighted by molar-refractivity contribution is 4.51. The summed E-state index contributed by atoms with van der Waals surface area (Å²) in [6.07, 6.45) is 16.9. The SMILES string of the molecule is CCCCCCCCNCCCCCCCC.CN(C)CCN(C)C. The number of rotatable bonds is 17. The average molecular weight is 358 g/mol. The zero-order valence-electron chi connectivity index (χ0n) is 18.7. The largest absolute Gasteiger partial charge is 0.317 e. The maximum atomic E-state index is 3.57. The molecule has 0 aromatic rings. The van der Waals surface area contributed by atoms with E-state index in [-0.39, 0.29) is 0 Å². The van der Waals surface area contributed by atoms with Crippen LogP contribution >= 0.6 is 0 Å². The van der Waals surface area contributed by atoms with Gasteiger partial charge in [-0.3, -0.25) is 0 Å². The van der Waals surface area contributed by atoms with Crippen molar-refractivity contribution in [3.05, 3.63) is 0 Å². The molecule has 25 heavy (non-hydrogen) atoms. The maximum Gasteiger partial charge on any atom is 0.0103 e. The second-order valence-electron chi connectivity index (χ2n) is 7.89. The number of nitrogens with one attached hydrogen (secondary N) is 1. The lowest BCUT2D eigenvalue weighted by Gasteiger charge is -2.13. The first-order valence-corrected chi connectivity index (χ1v) is 11.0. The van der Waals surface area contributed by atoms with Crippen LogP contribution < -0.4 is 5.32 Å². The Morgan fingerprint density at radius 3 is 1.12 bits per heavy atom. The fourth-order valence-electron chi connectivity index (χ4n) is 2.59. The van der Waals surface area contributed by atoms with Gasteiger partial charge in [0.1, 0.15) is 0 Å². The van der Waals surface area contributed by atoms with Crippen LogP contribution in [0.3, 0.4) is 0 Å². The van der Waals surface area contributed by atoms with Crippen LogP contribution in [0.25, 0.3) is 0 Å². The molecular formula is C22H51N3. The number of hydrogen-bond donors (Lipinski definition) is 1. The van der Waals surface area contributed by atoms with Gasteiger partial charge in [0.15, 0.2) is 0 Å². The quantitative estimate of drug-likeness (QED) is 0.351. The molecule has 3 nitrogen and oxygen atoms in total. The number of unbranched alkanes of at least 4 members (excludes halogenated alkanes) is 10. The Kier molecular flexibility index (Phi) is 25.9. The lowest BCUT2D eigenvalue weighted by Crippen LogP contribution is -2.25. The Labute approximate surface area is 160 Å². The molecule has 154 valence electrons. The summed E-state index contributed by atoms with van der Waals surface area (Å²) in [5.74, 6) is 0. The molecular weight excluding hydrogens is 306 g/mol. The van der Waals surface area contributed by atoms with Crippen LogP contribution in [0.5, 0.6) is 0 Å². The first-order valence-electron chi connectivity index (χ1n) is 11.0. The maximum absolute atomic E-state index is 3.57. The molecule has 0 saturated carbocycles. The number of likely N-dealkylation sites (N-methyl/N-ethyl adjacent to an activating group) is 2. The second-order valence-corrected chi connectivity index (χ2v) is 7.89. The predicted octanol–water partition coefficient (Wildman–Crippen LogP) is 5.41. The van der Waals surface area contributed by atoms with Gasteiger partial charge in [-0.1, -0.05) is 78.1 Å². The summed E-state index contributed by atoms with van der Waals surface area (Å²) in [5, 5.41) is 3.57. The van der Waals surface area contributed by atoms with Gasteiger partial charge in [-0.05, 0) is 54.1 Å². The van der Waals surface area contributed by atoms with E-state index in [2.05, 4.69) is 57.2 Å². The van der Waals surface area contributed by atoms with Crippen molar-refractivity contribution in [2.24, 2.45) is 0 Å². The van der Waals surface area contributed by atoms with Crippen molar-refractivity contribution in [1.82, 2.24) is 15.1 Å². The van der Waals surface area contributed by atoms with E-state index in [0.717, 1.165) is 13.1 Å². The van der Waals surface area contributed by atoms with Crippen LogP contribution in [0.15, 0.2) is 0 Å². The molecule has 3 heteroatoms. The standard InChI is InChI=1S/C16H35N.C6H16N2/c1-3-5-7-9-11-13-15-17-16-14-12-10-8-6-4-2;1-7(2)5-6-8(3)4/h17H,3-16H2,1-2H3;5-6H2,1-4H3. The third kappa shape index (κ3) is 32.1. The van der Waals surface area contributed by atoms with Gasteiger partial charge in [0.2, 0.25) is 0 Å². The third-order valence-electron chi connectivity index (χ3n) is 4.41. The summed E-state index contributed by atoms with van der Waals surface area (Å²) in [4.78, 5) is 4.36. The normalized spacial score (nSPS) is 11.0. The van der Waals surface area contributed by atoms with Crippen molar-refractivity contribution in [2.45, 2.75) is 90.9 Å².